The zero-order chi connectivity index (χ0) is 17.9. The van der Waals surface area contributed by atoms with Crippen LogP contribution in [0.1, 0.15) is 22.8 Å². The highest BCUT2D eigenvalue weighted by Crippen LogP contribution is 2.16. The number of hydrogen-bond donors (Lipinski definition) is 3. The molecule has 2 aliphatic rings. The van der Waals surface area contributed by atoms with Crippen LogP contribution in [0.4, 0.5) is 0 Å². The first-order chi connectivity index (χ1) is 12.8. The number of aliphatic hydroxyl groups excluding tert-OH is 1. The predicted octanol–water partition coefficient (Wildman–Crippen LogP) is 4.26. The highest BCUT2D eigenvalue weighted by atomic mass is 16.2. The van der Waals surface area contributed by atoms with Gasteiger partial charge in [0.15, 0.2) is 0 Å². The van der Waals surface area contributed by atoms with E-state index < -0.39 is 0 Å². The van der Waals surface area contributed by atoms with Crippen LogP contribution in [-0.4, -0.2) is 32.2 Å². The second-order valence-electron chi connectivity index (χ2n) is 5.91. The maximum Gasteiger partial charge on any atom is 0.0658 e. The zero-order valence-electron chi connectivity index (χ0n) is 14.3. The second kappa shape index (κ2) is 6.82. The van der Waals surface area contributed by atoms with Crippen LogP contribution in [0.15, 0.2) is 48.5 Å². The molecule has 26 heavy (non-hydrogen) atoms. The molecule has 0 saturated carbocycles. The van der Waals surface area contributed by atoms with Gasteiger partial charge in [0.1, 0.15) is 0 Å². The molecule has 5 rings (SSSR count). The Kier molecular flexibility index (Phi) is 4.21. The van der Waals surface area contributed by atoms with Crippen molar-refractivity contribution in [2.45, 2.75) is 0 Å². The topological polar surface area (TPSA) is 77.6 Å². The van der Waals surface area contributed by atoms with Gasteiger partial charge in [-0.3, -0.25) is 0 Å². The third-order valence-electron chi connectivity index (χ3n) is 4.04. The van der Waals surface area contributed by atoms with Crippen molar-refractivity contribution in [1.29, 1.82) is 0 Å². The van der Waals surface area contributed by atoms with Crippen molar-refractivity contribution in [3.8, 4) is 0 Å². The van der Waals surface area contributed by atoms with Gasteiger partial charge in [-0.1, -0.05) is 0 Å². The predicted molar refractivity (Wildman–Crippen MR) is 107 cm³/mol. The zero-order valence-corrected chi connectivity index (χ0v) is 14.3. The Bertz CT molecular complexity index is 990. The van der Waals surface area contributed by atoms with Gasteiger partial charge in [-0.25, -0.2) is 9.97 Å². The lowest BCUT2D eigenvalue weighted by Gasteiger charge is -1.85. The Balaban J connectivity index is 0.000000814. The third-order valence-corrected chi connectivity index (χ3v) is 4.04. The van der Waals surface area contributed by atoms with E-state index in [2.05, 4.69) is 44.2 Å². The van der Waals surface area contributed by atoms with E-state index in [1.54, 1.807) is 0 Å². The molecule has 0 saturated heterocycles. The van der Waals surface area contributed by atoms with Crippen LogP contribution < -0.4 is 0 Å². The van der Waals surface area contributed by atoms with E-state index in [9.17, 15) is 0 Å². The highest BCUT2D eigenvalue weighted by molar-refractivity contribution is 5.77. The number of aromatic nitrogens is 4. The van der Waals surface area contributed by atoms with Gasteiger partial charge in [0, 0.05) is 29.2 Å². The number of aromatic amines is 2. The van der Waals surface area contributed by atoms with Gasteiger partial charge in [-0.15, -0.1) is 0 Å². The molecule has 0 fully saturated rings. The normalized spacial score (nSPS) is 11.9. The van der Waals surface area contributed by atoms with Crippen LogP contribution in [0.2, 0.25) is 0 Å². The van der Waals surface area contributed by atoms with E-state index in [1.165, 1.54) is 0 Å². The number of nitrogens with one attached hydrogen (secondary N) is 2. The van der Waals surface area contributed by atoms with Crippen LogP contribution in [-0.2, 0) is 0 Å². The van der Waals surface area contributed by atoms with Crippen molar-refractivity contribution in [1.82, 2.24) is 19.9 Å². The minimum atomic E-state index is 0.939. The van der Waals surface area contributed by atoms with Crippen molar-refractivity contribution >= 4 is 46.4 Å². The van der Waals surface area contributed by atoms with E-state index >= 15 is 0 Å². The smallest absolute Gasteiger partial charge is 0.0658 e. The molecule has 128 valence electrons. The molecule has 2 aliphatic heterocycles. The molecule has 0 atom stereocenters. The summed E-state index contributed by atoms with van der Waals surface area (Å²) in [5.41, 5.74) is 7.86. The summed E-state index contributed by atoms with van der Waals surface area (Å²) in [5, 5.41) is 7.00. The number of rotatable bonds is 0. The summed E-state index contributed by atoms with van der Waals surface area (Å²) in [6, 6.07) is 16.4. The maximum absolute atomic E-state index is 7.00. The van der Waals surface area contributed by atoms with Crippen LogP contribution in [0.5, 0.6) is 0 Å². The van der Waals surface area contributed by atoms with Gasteiger partial charge in [0.25, 0.3) is 0 Å². The molecule has 3 aromatic heterocycles. The van der Waals surface area contributed by atoms with Crippen LogP contribution in [0.25, 0.3) is 46.4 Å². The minimum absolute atomic E-state index is 0.939. The Morgan fingerprint density at radius 3 is 1.08 bits per heavy atom. The molecule has 0 radical (unpaired) electrons. The van der Waals surface area contributed by atoms with Crippen LogP contribution >= 0.6 is 0 Å². The lowest BCUT2D eigenvalue weighted by atomic mass is 10.3. The van der Waals surface area contributed by atoms with E-state index in [-0.39, 0.29) is 0 Å². The fourth-order valence-corrected chi connectivity index (χ4v) is 2.94. The standard InChI is InChI=1S/C20H14N4.CH4O/c1-2-14-10-16-5-6-18(23-16)12-20-8-7-19(24-20)11-17-4-3-15(22-17)9-13(1)21-14;1-2/h1-12,21,24H;2H,1H3. The van der Waals surface area contributed by atoms with Crippen LogP contribution in [0, 0.1) is 0 Å². The van der Waals surface area contributed by atoms with Gasteiger partial charge in [-0.05, 0) is 72.8 Å². The number of aliphatic hydroxyl groups is 1. The fraction of sp³-hybridized carbons (Fsp3) is 0.0476. The highest BCUT2D eigenvalue weighted by Gasteiger charge is 2.00. The first kappa shape index (κ1) is 16.1. The molecular formula is C21H18N4O. The number of nitrogens with zero attached hydrogens (tertiary/aromatic N) is 2. The first-order valence-corrected chi connectivity index (χ1v) is 8.29. The van der Waals surface area contributed by atoms with Crippen molar-refractivity contribution in [3.05, 3.63) is 71.3 Å². The number of fused-ring (bicyclic) bond motifs is 8. The fourth-order valence-electron chi connectivity index (χ4n) is 2.94. The van der Waals surface area contributed by atoms with Gasteiger partial charge in [-0.2, -0.15) is 0 Å². The second-order valence-corrected chi connectivity index (χ2v) is 5.91. The van der Waals surface area contributed by atoms with Crippen molar-refractivity contribution < 1.29 is 5.11 Å². The molecule has 0 aromatic carbocycles. The third kappa shape index (κ3) is 3.34. The van der Waals surface area contributed by atoms with Crippen molar-refractivity contribution in [2.75, 3.05) is 7.11 Å². The summed E-state index contributed by atoms with van der Waals surface area (Å²) < 4.78 is 0. The molecule has 8 bridgehead atoms. The van der Waals surface area contributed by atoms with Crippen LogP contribution in [0.3, 0.4) is 0 Å². The van der Waals surface area contributed by atoms with Crippen molar-refractivity contribution in [2.24, 2.45) is 0 Å². The Labute approximate surface area is 150 Å². The molecule has 5 nitrogen and oxygen atoms in total. The largest absolute Gasteiger partial charge is 0.400 e. The average Bonchev–Trinajstić information content (AvgIpc) is 3.42. The molecule has 0 spiro atoms. The van der Waals surface area contributed by atoms with E-state index in [4.69, 9.17) is 5.11 Å². The Morgan fingerprint density at radius 2 is 0.808 bits per heavy atom. The summed E-state index contributed by atoms with van der Waals surface area (Å²) in [6.07, 6.45) is 8.09. The first-order valence-electron chi connectivity index (χ1n) is 8.29. The van der Waals surface area contributed by atoms with E-state index in [1.807, 2.05) is 48.6 Å². The molecule has 5 heteroatoms. The van der Waals surface area contributed by atoms with Gasteiger partial charge < -0.3 is 15.1 Å². The average molecular weight is 342 g/mol. The summed E-state index contributed by atoms with van der Waals surface area (Å²) in [5.74, 6) is 0. The van der Waals surface area contributed by atoms with Gasteiger partial charge >= 0.3 is 0 Å². The van der Waals surface area contributed by atoms with Gasteiger partial charge in [0.2, 0.25) is 0 Å². The van der Waals surface area contributed by atoms with Crippen molar-refractivity contribution in [3.63, 3.8) is 0 Å². The minimum Gasteiger partial charge on any atom is -0.400 e. The molecule has 0 aliphatic carbocycles. The Hall–Kier alpha value is -3.44. The SMILES string of the molecule is C1=Cc2cc3ccc(cc4nc(cc5ccc(cc1n2)[nH]5)C=C4)[nH]3.CO. The molecule has 5 heterocycles. The Morgan fingerprint density at radius 1 is 0.538 bits per heavy atom. The number of hydrogen-bond acceptors (Lipinski definition) is 3. The molecule has 3 N–H and O–H groups in total. The van der Waals surface area contributed by atoms with Gasteiger partial charge in [0.05, 0.1) is 22.8 Å². The molecule has 0 amide bonds. The summed E-state index contributed by atoms with van der Waals surface area (Å²) in [4.78, 5) is 16.0. The lowest BCUT2D eigenvalue weighted by molar-refractivity contribution is 0.399. The van der Waals surface area contributed by atoms with E-state index in [0.717, 1.165) is 52.0 Å². The monoisotopic (exact) mass is 342 g/mol. The molecule has 3 aromatic rings. The van der Waals surface area contributed by atoms with E-state index in [0.29, 0.717) is 0 Å². The molecule has 0 unspecified atom stereocenters. The maximum atomic E-state index is 7.00. The number of H-pyrrole nitrogens is 2. The molecular weight excluding hydrogens is 324 g/mol. The summed E-state index contributed by atoms with van der Waals surface area (Å²) in [6.45, 7) is 0. The quantitative estimate of drug-likeness (QED) is 0.393. The summed E-state index contributed by atoms with van der Waals surface area (Å²) in [7, 11) is 1.00. The lowest BCUT2D eigenvalue weighted by Crippen LogP contribution is -1.75. The summed E-state index contributed by atoms with van der Waals surface area (Å²) >= 11 is 0.